The van der Waals surface area contributed by atoms with E-state index in [2.05, 4.69) is 40.4 Å². The van der Waals surface area contributed by atoms with Crippen molar-refractivity contribution in [2.45, 2.75) is 33.9 Å². The molecule has 1 heteroatoms. The first kappa shape index (κ1) is 8.96. The third kappa shape index (κ3) is 2.85. The van der Waals surface area contributed by atoms with Crippen molar-refractivity contribution in [3.05, 3.63) is 11.8 Å². The fraction of sp³-hybridized carbons (Fsp3) is 0.750. The van der Waals surface area contributed by atoms with Crippen molar-refractivity contribution in [3.8, 4) is 0 Å². The van der Waals surface area contributed by atoms with Gasteiger partial charge in [0, 0.05) is 0 Å². The van der Waals surface area contributed by atoms with Gasteiger partial charge in [-0.15, -0.1) is 6.58 Å². The van der Waals surface area contributed by atoms with Gasteiger partial charge in [0.25, 0.3) is 0 Å². The Labute approximate surface area is 60.6 Å². The Kier molecular flexibility index (Phi) is 2.68. The SMILES string of the molecule is C=C([SiH](C)C)C(C)(C)C. The standard InChI is InChI=1S/C8H18Si/c1-7(9(5)6)8(2,3)4/h9H,1H2,2-6H3. The van der Waals surface area contributed by atoms with Gasteiger partial charge in [-0.1, -0.05) is 39.1 Å². The molecule has 54 valence electrons. The monoisotopic (exact) mass is 142 g/mol. The van der Waals surface area contributed by atoms with Gasteiger partial charge in [0.05, 0.1) is 8.80 Å². The average molecular weight is 142 g/mol. The minimum Gasteiger partial charge on any atom is -0.104 e. The summed E-state index contributed by atoms with van der Waals surface area (Å²) in [6, 6.07) is 0. The first-order valence-electron chi connectivity index (χ1n) is 3.55. The second-order valence-electron chi connectivity index (χ2n) is 3.93. The van der Waals surface area contributed by atoms with Gasteiger partial charge >= 0.3 is 0 Å². The zero-order valence-electron chi connectivity index (χ0n) is 7.28. The van der Waals surface area contributed by atoms with Crippen molar-refractivity contribution in [1.82, 2.24) is 0 Å². The van der Waals surface area contributed by atoms with Crippen LogP contribution in [0.25, 0.3) is 0 Å². The van der Waals surface area contributed by atoms with E-state index in [1.807, 2.05) is 0 Å². The maximum Gasteiger partial charge on any atom is 0.0594 e. The van der Waals surface area contributed by atoms with E-state index in [1.165, 1.54) is 5.20 Å². The molecule has 0 aromatic rings. The normalized spacial score (nSPS) is 12.2. The predicted molar refractivity (Wildman–Crippen MR) is 47.5 cm³/mol. The molecular formula is C8H18Si. The lowest BCUT2D eigenvalue weighted by atomic mass is 9.97. The maximum absolute atomic E-state index is 4.09. The molecule has 0 saturated heterocycles. The van der Waals surface area contributed by atoms with Crippen molar-refractivity contribution in [3.63, 3.8) is 0 Å². The van der Waals surface area contributed by atoms with Crippen LogP contribution in [0, 0.1) is 5.41 Å². The van der Waals surface area contributed by atoms with Gasteiger partial charge in [0.15, 0.2) is 0 Å². The Morgan fingerprint density at radius 2 is 1.56 bits per heavy atom. The van der Waals surface area contributed by atoms with Crippen molar-refractivity contribution in [2.24, 2.45) is 5.41 Å². The molecular weight excluding hydrogens is 124 g/mol. The highest BCUT2D eigenvalue weighted by molar-refractivity contribution is 6.64. The van der Waals surface area contributed by atoms with Gasteiger partial charge in [0.2, 0.25) is 0 Å². The van der Waals surface area contributed by atoms with Crippen LogP contribution in [0.1, 0.15) is 20.8 Å². The highest BCUT2D eigenvalue weighted by Crippen LogP contribution is 2.24. The zero-order chi connectivity index (χ0) is 7.65. The van der Waals surface area contributed by atoms with E-state index in [0.717, 1.165) is 0 Å². The Morgan fingerprint density at radius 1 is 1.22 bits per heavy atom. The molecule has 0 N–H and O–H groups in total. The van der Waals surface area contributed by atoms with Crippen LogP contribution in [-0.4, -0.2) is 8.80 Å². The smallest absolute Gasteiger partial charge is 0.0594 e. The largest absolute Gasteiger partial charge is 0.104 e. The molecule has 0 radical (unpaired) electrons. The van der Waals surface area contributed by atoms with Crippen LogP contribution in [0.5, 0.6) is 0 Å². The minimum absolute atomic E-state index is 0.348. The van der Waals surface area contributed by atoms with Crippen molar-refractivity contribution in [1.29, 1.82) is 0 Å². The van der Waals surface area contributed by atoms with Gasteiger partial charge in [-0.05, 0) is 5.41 Å². The third-order valence-electron chi connectivity index (χ3n) is 1.66. The second kappa shape index (κ2) is 2.69. The van der Waals surface area contributed by atoms with Gasteiger partial charge < -0.3 is 0 Å². The first-order valence-corrected chi connectivity index (χ1v) is 6.43. The summed E-state index contributed by atoms with van der Waals surface area (Å²) in [5.74, 6) is 0. The summed E-state index contributed by atoms with van der Waals surface area (Å²) in [5, 5.41) is 1.47. The molecule has 0 nitrogen and oxygen atoms in total. The van der Waals surface area contributed by atoms with Crippen LogP contribution in [0.3, 0.4) is 0 Å². The number of rotatable bonds is 1. The van der Waals surface area contributed by atoms with Gasteiger partial charge in [-0.3, -0.25) is 0 Å². The molecule has 0 aliphatic rings. The molecule has 0 unspecified atom stereocenters. The molecule has 0 aromatic carbocycles. The summed E-state index contributed by atoms with van der Waals surface area (Å²) in [6.45, 7) is 15.5. The molecule has 0 aromatic heterocycles. The Bertz CT molecular complexity index is 106. The van der Waals surface area contributed by atoms with E-state index in [0.29, 0.717) is 5.41 Å². The predicted octanol–water partition coefficient (Wildman–Crippen LogP) is 2.61. The number of hydrogen-bond acceptors (Lipinski definition) is 0. The third-order valence-corrected chi connectivity index (χ3v) is 3.92. The molecule has 0 amide bonds. The van der Waals surface area contributed by atoms with Crippen molar-refractivity contribution < 1.29 is 0 Å². The molecule has 0 atom stereocenters. The maximum atomic E-state index is 4.09. The highest BCUT2D eigenvalue weighted by atomic mass is 28.3. The second-order valence-corrected chi connectivity index (χ2v) is 6.94. The summed E-state index contributed by atoms with van der Waals surface area (Å²) in [5.41, 5.74) is 0.348. The molecule has 0 aliphatic heterocycles. The van der Waals surface area contributed by atoms with Gasteiger partial charge in [0.1, 0.15) is 0 Å². The van der Waals surface area contributed by atoms with Crippen LogP contribution < -0.4 is 0 Å². The van der Waals surface area contributed by atoms with Crippen LogP contribution in [0.2, 0.25) is 13.1 Å². The Morgan fingerprint density at radius 3 is 1.56 bits per heavy atom. The van der Waals surface area contributed by atoms with Crippen molar-refractivity contribution in [2.75, 3.05) is 0 Å². The first-order chi connectivity index (χ1) is 3.85. The van der Waals surface area contributed by atoms with Crippen molar-refractivity contribution >= 4 is 8.80 Å². The molecule has 0 spiro atoms. The van der Waals surface area contributed by atoms with Crippen LogP contribution >= 0.6 is 0 Å². The van der Waals surface area contributed by atoms with Gasteiger partial charge in [-0.2, -0.15) is 0 Å². The van der Waals surface area contributed by atoms with Crippen LogP contribution in [-0.2, 0) is 0 Å². The summed E-state index contributed by atoms with van der Waals surface area (Å²) < 4.78 is 0. The van der Waals surface area contributed by atoms with E-state index in [4.69, 9.17) is 0 Å². The topological polar surface area (TPSA) is 0 Å². The number of hydrogen-bond donors (Lipinski definition) is 0. The van der Waals surface area contributed by atoms with Crippen LogP contribution in [0.15, 0.2) is 11.8 Å². The molecule has 0 aliphatic carbocycles. The molecule has 0 saturated carbocycles. The Hall–Kier alpha value is -0.0431. The molecule has 0 rings (SSSR count). The Balaban J connectivity index is 4.06. The quantitative estimate of drug-likeness (QED) is 0.494. The van der Waals surface area contributed by atoms with Gasteiger partial charge in [-0.25, -0.2) is 0 Å². The summed E-state index contributed by atoms with van der Waals surface area (Å²) in [7, 11) is -0.584. The van der Waals surface area contributed by atoms with E-state index in [9.17, 15) is 0 Å². The fourth-order valence-corrected chi connectivity index (χ4v) is 2.60. The van der Waals surface area contributed by atoms with E-state index in [1.54, 1.807) is 0 Å². The average Bonchev–Trinajstić information content (AvgIpc) is 1.62. The molecule has 0 fully saturated rings. The minimum atomic E-state index is -0.584. The fourth-order valence-electron chi connectivity index (χ4n) is 0.866. The number of allylic oxidation sites excluding steroid dienone is 1. The van der Waals surface area contributed by atoms with E-state index < -0.39 is 8.80 Å². The summed E-state index contributed by atoms with van der Waals surface area (Å²) >= 11 is 0. The summed E-state index contributed by atoms with van der Waals surface area (Å²) in [6.07, 6.45) is 0. The highest BCUT2D eigenvalue weighted by Gasteiger charge is 2.17. The summed E-state index contributed by atoms with van der Waals surface area (Å²) in [4.78, 5) is 0. The lowest BCUT2D eigenvalue weighted by molar-refractivity contribution is 0.529. The lowest BCUT2D eigenvalue weighted by Crippen LogP contribution is -2.19. The van der Waals surface area contributed by atoms with E-state index in [-0.39, 0.29) is 0 Å². The molecule has 9 heavy (non-hydrogen) atoms. The molecule has 0 bridgehead atoms. The van der Waals surface area contributed by atoms with E-state index >= 15 is 0 Å². The molecule has 0 heterocycles. The zero-order valence-corrected chi connectivity index (χ0v) is 8.44. The van der Waals surface area contributed by atoms with Crippen LogP contribution in [0.4, 0.5) is 0 Å². The lowest BCUT2D eigenvalue weighted by Gasteiger charge is -2.24.